The zero-order valence-electron chi connectivity index (χ0n) is 13.5. The van der Waals surface area contributed by atoms with Gasteiger partial charge in [-0.3, -0.25) is 0 Å². The summed E-state index contributed by atoms with van der Waals surface area (Å²) in [6, 6.07) is 13.8. The Labute approximate surface area is 143 Å². The highest BCUT2D eigenvalue weighted by molar-refractivity contribution is 5.46. The van der Waals surface area contributed by atoms with Crippen LogP contribution in [0.5, 0.6) is 5.75 Å². The number of morpholine rings is 1. The number of benzene rings is 2. The summed E-state index contributed by atoms with van der Waals surface area (Å²) < 4.78 is 45.9. The molecule has 1 fully saturated rings. The van der Waals surface area contributed by atoms with E-state index in [9.17, 15) is 13.2 Å². The number of hydrogen-bond donors (Lipinski definition) is 2. The quantitative estimate of drug-likeness (QED) is 0.858. The van der Waals surface area contributed by atoms with Gasteiger partial charge < -0.3 is 20.1 Å². The van der Waals surface area contributed by atoms with E-state index in [0.717, 1.165) is 29.9 Å². The van der Waals surface area contributed by atoms with Gasteiger partial charge in [-0.05, 0) is 35.4 Å². The minimum Gasteiger partial charge on any atom is -0.406 e. The molecule has 0 amide bonds. The maximum atomic E-state index is 12.1. The highest BCUT2D eigenvalue weighted by Gasteiger charge is 2.30. The summed E-state index contributed by atoms with van der Waals surface area (Å²) >= 11 is 0. The average Bonchev–Trinajstić information content (AvgIpc) is 2.61. The van der Waals surface area contributed by atoms with Crippen molar-refractivity contribution in [2.24, 2.45) is 0 Å². The Morgan fingerprint density at radius 3 is 2.40 bits per heavy atom. The molecule has 0 spiro atoms. The summed E-state index contributed by atoms with van der Waals surface area (Å²) in [5.74, 6) is -0.221. The first kappa shape index (κ1) is 17.6. The number of nitrogens with one attached hydrogen (secondary N) is 2. The molecule has 7 heteroatoms. The van der Waals surface area contributed by atoms with E-state index in [0.29, 0.717) is 13.2 Å². The van der Waals surface area contributed by atoms with Crippen molar-refractivity contribution in [3.05, 3.63) is 59.7 Å². The van der Waals surface area contributed by atoms with E-state index >= 15 is 0 Å². The molecule has 0 unspecified atom stereocenters. The van der Waals surface area contributed by atoms with E-state index in [1.165, 1.54) is 12.1 Å². The molecule has 1 aliphatic heterocycles. The van der Waals surface area contributed by atoms with Gasteiger partial charge in [-0.25, -0.2) is 0 Å². The molecular formula is C18H19F3N2O2. The topological polar surface area (TPSA) is 42.5 Å². The number of hydrogen-bond acceptors (Lipinski definition) is 4. The molecule has 0 aliphatic carbocycles. The minimum absolute atomic E-state index is 0.0731. The molecule has 1 atom stereocenters. The van der Waals surface area contributed by atoms with Crippen LogP contribution in [0.25, 0.3) is 0 Å². The van der Waals surface area contributed by atoms with Crippen LogP contribution < -0.4 is 15.4 Å². The normalized spacial score (nSPS) is 18.0. The van der Waals surface area contributed by atoms with Gasteiger partial charge in [-0.15, -0.1) is 13.2 Å². The number of rotatable bonds is 5. The number of alkyl halides is 3. The van der Waals surface area contributed by atoms with Gasteiger partial charge in [0.15, 0.2) is 0 Å². The summed E-state index contributed by atoms with van der Waals surface area (Å²) in [5, 5.41) is 6.53. The molecule has 2 aromatic rings. The molecule has 4 nitrogen and oxygen atoms in total. The Balaban J connectivity index is 1.52. The van der Waals surface area contributed by atoms with Crippen LogP contribution >= 0.6 is 0 Å². The third kappa shape index (κ3) is 5.37. The lowest BCUT2D eigenvalue weighted by Crippen LogP contribution is -2.33. The third-order valence-corrected chi connectivity index (χ3v) is 3.86. The van der Waals surface area contributed by atoms with E-state index in [-0.39, 0.29) is 11.9 Å². The van der Waals surface area contributed by atoms with E-state index in [2.05, 4.69) is 15.4 Å². The molecule has 0 aromatic heterocycles. The van der Waals surface area contributed by atoms with Crippen LogP contribution in [0.4, 0.5) is 18.9 Å². The van der Waals surface area contributed by atoms with Crippen LogP contribution in [0.2, 0.25) is 0 Å². The molecule has 1 heterocycles. The van der Waals surface area contributed by atoms with Gasteiger partial charge in [0.1, 0.15) is 5.75 Å². The van der Waals surface area contributed by atoms with Crippen molar-refractivity contribution in [1.82, 2.24) is 5.32 Å². The first-order valence-electron chi connectivity index (χ1n) is 8.00. The zero-order chi connectivity index (χ0) is 17.7. The predicted octanol–water partition coefficient (Wildman–Crippen LogP) is 3.86. The second kappa shape index (κ2) is 7.76. The fourth-order valence-electron chi connectivity index (χ4n) is 2.61. The zero-order valence-corrected chi connectivity index (χ0v) is 13.5. The van der Waals surface area contributed by atoms with Crippen molar-refractivity contribution < 1.29 is 22.6 Å². The van der Waals surface area contributed by atoms with Crippen molar-refractivity contribution >= 4 is 5.69 Å². The first-order chi connectivity index (χ1) is 12.0. The van der Waals surface area contributed by atoms with Crippen molar-refractivity contribution in [3.8, 4) is 5.75 Å². The maximum absolute atomic E-state index is 12.1. The van der Waals surface area contributed by atoms with Crippen LogP contribution in [0, 0.1) is 0 Å². The van der Waals surface area contributed by atoms with E-state index in [1.54, 1.807) is 12.1 Å². The Bertz CT molecular complexity index is 666. The summed E-state index contributed by atoms with van der Waals surface area (Å²) in [7, 11) is 0. The van der Waals surface area contributed by atoms with E-state index in [4.69, 9.17) is 4.74 Å². The highest BCUT2D eigenvalue weighted by Crippen LogP contribution is 2.24. The van der Waals surface area contributed by atoms with Crippen LogP contribution in [0.1, 0.15) is 17.2 Å². The van der Waals surface area contributed by atoms with Gasteiger partial charge in [-0.2, -0.15) is 0 Å². The predicted molar refractivity (Wildman–Crippen MR) is 88.5 cm³/mol. The van der Waals surface area contributed by atoms with Gasteiger partial charge in [0.25, 0.3) is 0 Å². The van der Waals surface area contributed by atoms with Crippen molar-refractivity contribution in [3.63, 3.8) is 0 Å². The Hall–Kier alpha value is -2.25. The second-order valence-electron chi connectivity index (χ2n) is 5.73. The lowest BCUT2D eigenvalue weighted by atomic mass is 10.1. The highest BCUT2D eigenvalue weighted by atomic mass is 19.4. The van der Waals surface area contributed by atoms with E-state index < -0.39 is 6.36 Å². The maximum Gasteiger partial charge on any atom is 0.573 e. The van der Waals surface area contributed by atoms with E-state index in [1.807, 2.05) is 24.3 Å². The molecule has 0 saturated carbocycles. The Morgan fingerprint density at radius 1 is 1.08 bits per heavy atom. The van der Waals surface area contributed by atoms with Gasteiger partial charge >= 0.3 is 6.36 Å². The van der Waals surface area contributed by atoms with Crippen LogP contribution in [0.15, 0.2) is 48.5 Å². The molecule has 2 N–H and O–H groups in total. The molecule has 134 valence electrons. The molecule has 2 aromatic carbocycles. The molecule has 0 radical (unpaired) electrons. The minimum atomic E-state index is -4.67. The van der Waals surface area contributed by atoms with Gasteiger partial charge in [0.05, 0.1) is 12.7 Å². The Morgan fingerprint density at radius 2 is 1.80 bits per heavy atom. The van der Waals surface area contributed by atoms with Crippen LogP contribution in [0.3, 0.4) is 0 Å². The molecule has 1 saturated heterocycles. The summed E-state index contributed by atoms with van der Waals surface area (Å²) in [6.07, 6.45) is -4.59. The van der Waals surface area contributed by atoms with Crippen molar-refractivity contribution in [2.75, 3.05) is 25.0 Å². The molecule has 0 bridgehead atoms. The van der Waals surface area contributed by atoms with Gasteiger partial charge in [0, 0.05) is 25.3 Å². The van der Waals surface area contributed by atoms with Crippen molar-refractivity contribution in [1.29, 1.82) is 0 Å². The van der Waals surface area contributed by atoms with Gasteiger partial charge in [-0.1, -0.05) is 24.3 Å². The standard InChI is InChI=1S/C18H19F3N2O2/c19-18(20,21)25-16-7-1-13(2-8-16)11-23-15-5-3-14(4-6-15)17-12-22-9-10-24-17/h1-8,17,22-23H,9-12H2/t17-/m1/s1. The molecule has 25 heavy (non-hydrogen) atoms. The third-order valence-electron chi connectivity index (χ3n) is 3.86. The largest absolute Gasteiger partial charge is 0.573 e. The van der Waals surface area contributed by atoms with Gasteiger partial charge in [0.2, 0.25) is 0 Å². The monoisotopic (exact) mass is 352 g/mol. The first-order valence-corrected chi connectivity index (χ1v) is 8.00. The smallest absolute Gasteiger partial charge is 0.406 e. The lowest BCUT2D eigenvalue weighted by molar-refractivity contribution is -0.274. The fourth-order valence-corrected chi connectivity index (χ4v) is 2.61. The Kier molecular flexibility index (Phi) is 5.45. The van der Waals surface area contributed by atoms with Crippen LogP contribution in [-0.4, -0.2) is 26.1 Å². The lowest BCUT2D eigenvalue weighted by Gasteiger charge is -2.24. The summed E-state index contributed by atoms with van der Waals surface area (Å²) in [4.78, 5) is 0. The number of anilines is 1. The average molecular weight is 352 g/mol. The van der Waals surface area contributed by atoms with Crippen molar-refractivity contribution in [2.45, 2.75) is 19.0 Å². The number of halogens is 3. The molecule has 3 rings (SSSR count). The fraction of sp³-hybridized carbons (Fsp3) is 0.333. The second-order valence-corrected chi connectivity index (χ2v) is 5.73. The van der Waals surface area contributed by atoms with Crippen LogP contribution in [-0.2, 0) is 11.3 Å². The summed E-state index contributed by atoms with van der Waals surface area (Å²) in [5.41, 5.74) is 2.91. The number of ether oxygens (including phenoxy) is 2. The SMILES string of the molecule is FC(F)(F)Oc1ccc(CNc2ccc([C@H]3CNCCO3)cc2)cc1. The summed E-state index contributed by atoms with van der Waals surface area (Å²) in [6.45, 7) is 2.90. The molecular weight excluding hydrogens is 333 g/mol. The molecule has 1 aliphatic rings.